The van der Waals surface area contributed by atoms with Crippen LogP contribution in [0.1, 0.15) is 27.0 Å². The van der Waals surface area contributed by atoms with Crippen LogP contribution in [-0.2, 0) is 23.4 Å². The van der Waals surface area contributed by atoms with Gasteiger partial charge in [0.2, 0.25) is 0 Å². The topological polar surface area (TPSA) is 160 Å². The van der Waals surface area contributed by atoms with Gasteiger partial charge in [0.25, 0.3) is 0 Å². The Morgan fingerprint density at radius 1 is 1.25 bits per heavy atom. The van der Waals surface area contributed by atoms with Gasteiger partial charge in [-0.2, -0.15) is 5.09 Å². The number of carbonyl (C=O) groups is 1. The van der Waals surface area contributed by atoms with E-state index in [1.807, 2.05) is 6.92 Å². The zero-order valence-electron chi connectivity index (χ0n) is 20.3. The molecule has 0 amide bonds. The van der Waals surface area contributed by atoms with Gasteiger partial charge in [0, 0.05) is 12.1 Å². The number of para-hydroxylation sites is 1. The summed E-state index contributed by atoms with van der Waals surface area (Å²) < 4.78 is 38.0. The van der Waals surface area contributed by atoms with E-state index >= 15 is 0 Å². The first-order chi connectivity index (χ1) is 17.1. The number of hydrogen-bond donors (Lipinski definition) is 3. The van der Waals surface area contributed by atoms with Gasteiger partial charge in [0.05, 0.1) is 24.7 Å². The number of anilines is 1. The molecule has 13 heteroatoms. The quantitative estimate of drug-likeness (QED) is 0.282. The Balaban J connectivity index is 1.56. The lowest BCUT2D eigenvalue weighted by Crippen LogP contribution is -2.39. The average molecular weight is 519 g/mol. The number of aliphatic hydroxyl groups is 1. The van der Waals surface area contributed by atoms with Crippen molar-refractivity contribution in [3.63, 3.8) is 0 Å². The third-order valence-corrected chi connectivity index (χ3v) is 7.84. The maximum absolute atomic E-state index is 13.8. The summed E-state index contributed by atoms with van der Waals surface area (Å²) in [5, 5.41) is 14.3. The number of methoxy groups -OCH3 is 1. The normalized spacial score (nSPS) is 25.2. The monoisotopic (exact) mass is 519 g/mol. The van der Waals surface area contributed by atoms with Crippen LogP contribution in [0.15, 0.2) is 48.9 Å². The molecule has 0 aliphatic carbocycles. The average Bonchev–Trinajstić information content (AvgIpc) is 3.40. The molecule has 12 nitrogen and oxygen atoms in total. The largest absolute Gasteiger partial charge is 0.468 e. The summed E-state index contributed by atoms with van der Waals surface area (Å²) in [6.45, 7) is 4.92. The van der Waals surface area contributed by atoms with Gasteiger partial charge in [-0.15, -0.1) is 0 Å². The summed E-state index contributed by atoms with van der Waals surface area (Å²) in [6, 6.07) is 9.19. The van der Waals surface area contributed by atoms with E-state index < -0.39 is 44.3 Å². The van der Waals surface area contributed by atoms with Gasteiger partial charge < -0.3 is 29.4 Å². The summed E-state index contributed by atoms with van der Waals surface area (Å²) in [5.74, 6) is -0.408. The standard InChI is InChI=1S/C23H30N5O7P/c1-13-18(29)19(33-22(13)28-11-10-17-20(24)25-12-26-21(17)28)15(3)34-36(31,27-14(2)23(30)32-4)35-16-8-6-5-7-9-16/h5-15,18-19,22,29H,1-4H3,(H,27,31)(H2,24,25,26)/t13-,14-,15?,18?,19+,22+,36?/m0/s1. The molecule has 3 heterocycles. The number of carbonyl (C=O) groups excluding carboxylic acids is 1. The molecule has 1 aliphatic rings. The number of ether oxygens (including phenoxy) is 2. The van der Waals surface area contributed by atoms with Gasteiger partial charge in [-0.3, -0.25) is 9.32 Å². The highest BCUT2D eigenvalue weighted by molar-refractivity contribution is 7.52. The zero-order chi connectivity index (χ0) is 26.0. The van der Waals surface area contributed by atoms with Gasteiger partial charge in [0.1, 0.15) is 41.9 Å². The second kappa shape index (κ2) is 10.5. The Morgan fingerprint density at radius 3 is 2.67 bits per heavy atom. The summed E-state index contributed by atoms with van der Waals surface area (Å²) >= 11 is 0. The molecule has 0 spiro atoms. The number of esters is 1. The lowest BCUT2D eigenvalue weighted by molar-refractivity contribution is -0.142. The van der Waals surface area contributed by atoms with Crippen LogP contribution in [0.2, 0.25) is 0 Å². The van der Waals surface area contributed by atoms with E-state index in [4.69, 9.17) is 24.3 Å². The van der Waals surface area contributed by atoms with Crippen LogP contribution in [-0.4, -0.2) is 57.1 Å². The fourth-order valence-corrected chi connectivity index (χ4v) is 5.87. The number of nitrogens with one attached hydrogen (secondary N) is 1. The van der Waals surface area contributed by atoms with Gasteiger partial charge in [-0.25, -0.2) is 14.5 Å². The smallest absolute Gasteiger partial charge is 0.459 e. The highest BCUT2D eigenvalue weighted by atomic mass is 31.2. The number of benzene rings is 1. The molecule has 0 saturated carbocycles. The minimum atomic E-state index is -4.13. The van der Waals surface area contributed by atoms with E-state index in [1.54, 1.807) is 54.1 Å². The van der Waals surface area contributed by atoms with Gasteiger partial charge in [-0.1, -0.05) is 25.1 Å². The van der Waals surface area contributed by atoms with Gasteiger partial charge in [0.15, 0.2) is 0 Å². The molecule has 1 aromatic carbocycles. The number of nitrogen functional groups attached to an aromatic ring is 1. The SMILES string of the molecule is COC(=O)[C@H](C)NP(=O)(Oc1ccccc1)OC(C)[C@H]1O[C@@H](n2ccc3c(N)ncnc32)[C@@H](C)C1O. The molecule has 0 radical (unpaired) electrons. The van der Waals surface area contributed by atoms with Gasteiger partial charge in [-0.05, 0) is 32.0 Å². The lowest BCUT2D eigenvalue weighted by atomic mass is 9.99. The molecule has 194 valence electrons. The fraction of sp³-hybridized carbons (Fsp3) is 0.435. The predicted molar refractivity (Wildman–Crippen MR) is 131 cm³/mol. The third-order valence-electron chi connectivity index (χ3n) is 6.08. The van der Waals surface area contributed by atoms with Crippen molar-refractivity contribution in [1.29, 1.82) is 0 Å². The highest BCUT2D eigenvalue weighted by Gasteiger charge is 2.47. The molecule has 2 aromatic heterocycles. The molecule has 4 N–H and O–H groups in total. The summed E-state index contributed by atoms with van der Waals surface area (Å²) in [6.07, 6.45) is -0.214. The van der Waals surface area contributed by atoms with Crippen molar-refractivity contribution in [2.45, 2.75) is 51.4 Å². The molecule has 4 rings (SSSR count). The molecule has 3 unspecified atom stereocenters. The molecule has 7 atom stereocenters. The van der Waals surface area contributed by atoms with Crippen molar-refractivity contribution in [3.05, 3.63) is 48.9 Å². The van der Waals surface area contributed by atoms with Crippen molar-refractivity contribution in [1.82, 2.24) is 19.6 Å². The number of fused-ring (bicyclic) bond motifs is 1. The van der Waals surface area contributed by atoms with Crippen LogP contribution in [0.4, 0.5) is 5.82 Å². The Morgan fingerprint density at radius 2 is 1.97 bits per heavy atom. The first-order valence-electron chi connectivity index (χ1n) is 11.4. The van der Waals surface area contributed by atoms with E-state index in [0.717, 1.165) is 0 Å². The van der Waals surface area contributed by atoms with Crippen LogP contribution < -0.4 is 15.3 Å². The van der Waals surface area contributed by atoms with Crippen LogP contribution in [0.3, 0.4) is 0 Å². The second-order valence-electron chi connectivity index (χ2n) is 8.65. The van der Waals surface area contributed by atoms with Crippen LogP contribution in [0, 0.1) is 5.92 Å². The highest BCUT2D eigenvalue weighted by Crippen LogP contribution is 2.48. The Bertz CT molecular complexity index is 1260. The number of nitrogens with zero attached hydrogens (tertiary/aromatic N) is 3. The lowest BCUT2D eigenvalue weighted by Gasteiger charge is -2.28. The number of aromatic nitrogens is 3. The van der Waals surface area contributed by atoms with Crippen molar-refractivity contribution in [2.75, 3.05) is 12.8 Å². The first kappa shape index (κ1) is 26.1. The minimum absolute atomic E-state index is 0.271. The van der Waals surface area contributed by atoms with Crippen molar-refractivity contribution < 1.29 is 33.0 Å². The van der Waals surface area contributed by atoms with E-state index in [9.17, 15) is 14.5 Å². The van der Waals surface area contributed by atoms with E-state index in [0.29, 0.717) is 16.9 Å². The summed E-state index contributed by atoms with van der Waals surface area (Å²) in [7, 11) is -2.91. The Labute approximate surface area is 208 Å². The van der Waals surface area contributed by atoms with Gasteiger partial charge >= 0.3 is 13.7 Å². The number of nitrogens with two attached hydrogens (primary N) is 1. The van der Waals surface area contributed by atoms with Crippen LogP contribution in [0.5, 0.6) is 5.75 Å². The van der Waals surface area contributed by atoms with Crippen LogP contribution in [0.25, 0.3) is 11.0 Å². The molecular weight excluding hydrogens is 489 g/mol. The summed E-state index contributed by atoms with van der Waals surface area (Å²) in [4.78, 5) is 20.3. The maximum Gasteiger partial charge on any atom is 0.459 e. The molecule has 1 saturated heterocycles. The third kappa shape index (κ3) is 5.23. The fourth-order valence-electron chi connectivity index (χ4n) is 4.18. The Hall–Kier alpha value is -3.02. The minimum Gasteiger partial charge on any atom is -0.468 e. The first-order valence-corrected chi connectivity index (χ1v) is 13.0. The summed E-state index contributed by atoms with van der Waals surface area (Å²) in [5.41, 5.74) is 6.51. The molecule has 36 heavy (non-hydrogen) atoms. The Kier molecular flexibility index (Phi) is 7.62. The predicted octanol–water partition coefficient (Wildman–Crippen LogP) is 2.65. The van der Waals surface area contributed by atoms with E-state index in [-0.39, 0.29) is 11.7 Å². The molecule has 3 aromatic rings. The zero-order valence-corrected chi connectivity index (χ0v) is 21.2. The van der Waals surface area contributed by atoms with Crippen molar-refractivity contribution in [2.24, 2.45) is 5.92 Å². The second-order valence-corrected chi connectivity index (χ2v) is 10.3. The number of hydrogen-bond acceptors (Lipinski definition) is 10. The van der Waals surface area contributed by atoms with Crippen molar-refractivity contribution in [3.8, 4) is 5.75 Å². The maximum atomic E-state index is 13.8. The molecular formula is C23H30N5O7P. The molecule has 0 bridgehead atoms. The van der Waals surface area contributed by atoms with E-state index in [1.165, 1.54) is 20.4 Å². The van der Waals surface area contributed by atoms with Crippen LogP contribution >= 0.6 is 7.75 Å². The molecule has 1 aliphatic heterocycles. The number of aliphatic hydroxyl groups excluding tert-OH is 1. The molecule has 1 fully saturated rings. The number of rotatable bonds is 9. The van der Waals surface area contributed by atoms with Crippen molar-refractivity contribution >= 4 is 30.6 Å². The van der Waals surface area contributed by atoms with E-state index in [2.05, 4.69) is 15.1 Å².